The number of amides is 1. The van der Waals surface area contributed by atoms with Crippen LogP contribution in [-0.4, -0.2) is 30.8 Å². The summed E-state index contributed by atoms with van der Waals surface area (Å²) in [4.78, 5) is 12.2. The topological polar surface area (TPSA) is 73.6 Å². The first kappa shape index (κ1) is 18.0. The van der Waals surface area contributed by atoms with Crippen LogP contribution in [0.15, 0.2) is 24.3 Å². The van der Waals surface area contributed by atoms with Gasteiger partial charge < -0.3 is 20.5 Å². The van der Waals surface area contributed by atoms with Crippen LogP contribution in [0.5, 0.6) is 5.75 Å². The average molecular weight is 341 g/mol. The smallest absolute Gasteiger partial charge is 0.244 e. The third-order valence-corrected chi connectivity index (χ3v) is 4.52. The molecule has 2 fully saturated rings. The van der Waals surface area contributed by atoms with Gasteiger partial charge in [0.05, 0.1) is 11.6 Å². The maximum absolute atomic E-state index is 12.2. The Labute approximate surface area is 143 Å². The van der Waals surface area contributed by atoms with Gasteiger partial charge in [-0.3, -0.25) is 4.79 Å². The first-order chi connectivity index (χ1) is 10.7. The molecule has 1 saturated heterocycles. The van der Waals surface area contributed by atoms with Gasteiger partial charge in [0.2, 0.25) is 5.91 Å². The van der Waals surface area contributed by atoms with E-state index >= 15 is 0 Å². The van der Waals surface area contributed by atoms with E-state index in [2.05, 4.69) is 5.32 Å². The summed E-state index contributed by atoms with van der Waals surface area (Å²) in [6, 6.07) is 7.42. The molecule has 1 heterocycles. The molecule has 23 heavy (non-hydrogen) atoms. The van der Waals surface area contributed by atoms with Crippen molar-refractivity contribution < 1.29 is 14.3 Å². The maximum Gasteiger partial charge on any atom is 0.244 e. The van der Waals surface area contributed by atoms with Crippen LogP contribution < -0.4 is 15.8 Å². The van der Waals surface area contributed by atoms with Crippen LogP contribution in [0.2, 0.25) is 0 Å². The lowest BCUT2D eigenvalue weighted by Gasteiger charge is -2.22. The van der Waals surface area contributed by atoms with Gasteiger partial charge in [0.25, 0.3) is 0 Å². The zero-order valence-electron chi connectivity index (χ0n) is 13.3. The van der Waals surface area contributed by atoms with Crippen molar-refractivity contribution >= 4 is 24.0 Å². The van der Waals surface area contributed by atoms with Crippen LogP contribution in [0.3, 0.4) is 0 Å². The number of rotatable bonds is 5. The lowest BCUT2D eigenvalue weighted by atomic mass is 9.98. The van der Waals surface area contributed by atoms with Crippen molar-refractivity contribution in [1.29, 1.82) is 0 Å². The quantitative estimate of drug-likeness (QED) is 0.864. The predicted octanol–water partition coefficient (Wildman–Crippen LogP) is 2.88. The van der Waals surface area contributed by atoms with Gasteiger partial charge in [-0.15, -0.1) is 12.4 Å². The number of hydrogen-bond acceptors (Lipinski definition) is 4. The van der Waals surface area contributed by atoms with E-state index in [1.165, 1.54) is 0 Å². The zero-order valence-corrected chi connectivity index (χ0v) is 14.1. The van der Waals surface area contributed by atoms with Gasteiger partial charge in [-0.25, -0.2) is 0 Å². The molecule has 1 aromatic rings. The Balaban J connectivity index is 0.00000192. The fourth-order valence-corrected chi connectivity index (χ4v) is 3.09. The Hall–Kier alpha value is -1.30. The van der Waals surface area contributed by atoms with Crippen LogP contribution in [0.25, 0.3) is 0 Å². The molecule has 128 valence electrons. The van der Waals surface area contributed by atoms with Crippen molar-refractivity contribution in [3.63, 3.8) is 0 Å². The highest BCUT2D eigenvalue weighted by Gasteiger charge is 2.36. The first-order valence-corrected chi connectivity index (χ1v) is 8.10. The molecule has 6 heteroatoms. The van der Waals surface area contributed by atoms with Gasteiger partial charge >= 0.3 is 0 Å². The monoisotopic (exact) mass is 340 g/mol. The second-order valence-electron chi connectivity index (χ2n) is 6.29. The number of anilines is 1. The number of ether oxygens (including phenoxy) is 2. The van der Waals surface area contributed by atoms with Crippen molar-refractivity contribution in [3.05, 3.63) is 24.3 Å². The Bertz CT molecular complexity index is 509. The molecule has 1 amide bonds. The molecule has 0 radical (unpaired) electrons. The van der Waals surface area contributed by atoms with Gasteiger partial charge in [-0.1, -0.05) is 12.8 Å². The van der Waals surface area contributed by atoms with Crippen LogP contribution in [0, 0.1) is 0 Å². The number of benzene rings is 1. The van der Waals surface area contributed by atoms with E-state index in [1.807, 2.05) is 24.3 Å². The van der Waals surface area contributed by atoms with Crippen molar-refractivity contribution in [3.8, 4) is 5.75 Å². The minimum atomic E-state index is -0.699. The van der Waals surface area contributed by atoms with E-state index in [9.17, 15) is 4.79 Å². The summed E-state index contributed by atoms with van der Waals surface area (Å²) in [6.45, 7) is 1.41. The molecule has 0 bridgehead atoms. The normalized spacial score (nSPS) is 22.4. The van der Waals surface area contributed by atoms with E-state index in [4.69, 9.17) is 15.2 Å². The molecular weight excluding hydrogens is 316 g/mol. The van der Waals surface area contributed by atoms with E-state index in [1.54, 1.807) is 0 Å². The molecule has 1 aliphatic heterocycles. The van der Waals surface area contributed by atoms with Crippen LogP contribution in [0.4, 0.5) is 5.69 Å². The summed E-state index contributed by atoms with van der Waals surface area (Å²) < 4.78 is 11.2. The Morgan fingerprint density at radius 1 is 1.26 bits per heavy atom. The van der Waals surface area contributed by atoms with Gasteiger partial charge in [0, 0.05) is 12.3 Å². The fourth-order valence-electron chi connectivity index (χ4n) is 3.09. The number of carbonyl (C=O) groups is 1. The van der Waals surface area contributed by atoms with Crippen LogP contribution in [0.1, 0.15) is 38.5 Å². The highest BCUT2D eigenvalue weighted by Crippen LogP contribution is 2.28. The van der Waals surface area contributed by atoms with E-state index in [0.29, 0.717) is 6.61 Å². The second kappa shape index (κ2) is 7.99. The largest absolute Gasteiger partial charge is 0.491 e. The van der Waals surface area contributed by atoms with Crippen molar-refractivity contribution in [2.75, 3.05) is 18.5 Å². The molecule has 3 rings (SSSR count). The van der Waals surface area contributed by atoms with Crippen molar-refractivity contribution in [1.82, 2.24) is 0 Å². The first-order valence-electron chi connectivity index (χ1n) is 8.10. The second-order valence-corrected chi connectivity index (χ2v) is 6.29. The molecule has 0 aromatic heterocycles. The van der Waals surface area contributed by atoms with E-state index in [-0.39, 0.29) is 24.4 Å². The minimum absolute atomic E-state index is 0. The third-order valence-electron chi connectivity index (χ3n) is 4.52. The summed E-state index contributed by atoms with van der Waals surface area (Å²) in [5, 5.41) is 2.90. The summed E-state index contributed by atoms with van der Waals surface area (Å²) in [5.74, 6) is 0.704. The highest BCUT2D eigenvalue weighted by molar-refractivity contribution is 5.98. The Kier molecular flexibility index (Phi) is 6.27. The molecule has 1 unspecified atom stereocenters. The lowest BCUT2D eigenvalue weighted by molar-refractivity contribution is -0.121. The predicted molar refractivity (Wildman–Crippen MR) is 92.2 cm³/mol. The zero-order chi connectivity index (χ0) is 15.4. The van der Waals surface area contributed by atoms with Gasteiger partial charge in [-0.05, 0) is 49.9 Å². The Morgan fingerprint density at radius 3 is 2.57 bits per heavy atom. The molecule has 1 atom stereocenters. The minimum Gasteiger partial charge on any atom is -0.491 e. The molecule has 1 aliphatic carbocycles. The van der Waals surface area contributed by atoms with E-state index < -0.39 is 5.54 Å². The highest BCUT2D eigenvalue weighted by atomic mass is 35.5. The summed E-state index contributed by atoms with van der Waals surface area (Å²) >= 11 is 0. The molecule has 1 aromatic carbocycles. The standard InChI is InChI=1S/C17H24N2O3.ClH/c18-17(9-1-2-10-17)16(20)19-13-5-7-14(8-6-13)22-12-15-4-3-11-21-15;/h5-8,15H,1-4,9-12,18H2,(H,19,20);1H. The van der Waals surface area contributed by atoms with Crippen molar-refractivity contribution in [2.45, 2.75) is 50.2 Å². The number of nitrogens with two attached hydrogens (primary N) is 1. The van der Waals surface area contributed by atoms with Crippen molar-refractivity contribution in [2.24, 2.45) is 5.73 Å². The summed E-state index contributed by atoms with van der Waals surface area (Å²) in [6.07, 6.45) is 5.97. The molecule has 3 N–H and O–H groups in total. The molecule has 1 saturated carbocycles. The third kappa shape index (κ3) is 4.59. The number of hydrogen-bond donors (Lipinski definition) is 2. The number of carbonyl (C=O) groups excluding carboxylic acids is 1. The molecule has 2 aliphatic rings. The van der Waals surface area contributed by atoms with Crippen LogP contribution >= 0.6 is 12.4 Å². The lowest BCUT2D eigenvalue weighted by Crippen LogP contribution is -2.48. The van der Waals surface area contributed by atoms with Gasteiger partial charge in [0.1, 0.15) is 12.4 Å². The average Bonchev–Trinajstić information content (AvgIpc) is 3.19. The molecular formula is C17H25ClN2O3. The Morgan fingerprint density at radius 2 is 1.96 bits per heavy atom. The van der Waals surface area contributed by atoms with E-state index in [0.717, 1.165) is 56.6 Å². The molecule has 0 spiro atoms. The van der Waals surface area contributed by atoms with Crippen LogP contribution in [-0.2, 0) is 9.53 Å². The van der Waals surface area contributed by atoms with Gasteiger partial charge in [-0.2, -0.15) is 0 Å². The summed E-state index contributed by atoms with van der Waals surface area (Å²) in [7, 11) is 0. The SMILES string of the molecule is Cl.NC1(C(=O)Nc2ccc(OCC3CCCO3)cc2)CCCC1. The van der Waals surface area contributed by atoms with Gasteiger partial charge in [0.15, 0.2) is 0 Å². The number of halogens is 1. The number of nitrogens with one attached hydrogen (secondary N) is 1. The summed E-state index contributed by atoms with van der Waals surface area (Å²) in [5.41, 5.74) is 6.20. The molecule has 5 nitrogen and oxygen atoms in total. The fraction of sp³-hybridized carbons (Fsp3) is 0.588. The maximum atomic E-state index is 12.2.